The summed E-state index contributed by atoms with van der Waals surface area (Å²) in [6.45, 7) is 4.33. The summed E-state index contributed by atoms with van der Waals surface area (Å²) in [5.74, 6) is 0.856. The molecule has 19 heavy (non-hydrogen) atoms. The highest BCUT2D eigenvalue weighted by atomic mass is 32.2. The molecule has 0 aliphatic heterocycles. The third kappa shape index (κ3) is 5.04. The van der Waals surface area contributed by atoms with Crippen LogP contribution in [0, 0.1) is 11.8 Å². The molecule has 1 atom stereocenters. The molecular formula is C14H29NO3S. The highest BCUT2D eigenvalue weighted by Gasteiger charge is 2.30. The Bertz CT molecular complexity index is 348. The predicted octanol–water partition coefficient (Wildman–Crippen LogP) is 2.24. The highest BCUT2D eigenvalue weighted by Crippen LogP contribution is 2.28. The molecule has 4 nitrogen and oxygen atoms in total. The van der Waals surface area contributed by atoms with Gasteiger partial charge in [-0.3, -0.25) is 0 Å². The summed E-state index contributed by atoms with van der Waals surface area (Å²) in [5, 5.41) is 9.12. The lowest BCUT2D eigenvalue weighted by Gasteiger charge is -2.34. The van der Waals surface area contributed by atoms with Crippen LogP contribution in [-0.4, -0.2) is 43.3 Å². The van der Waals surface area contributed by atoms with Gasteiger partial charge in [0.15, 0.2) is 0 Å². The topological polar surface area (TPSA) is 57.6 Å². The standard InChI is InChI=1S/C14H29NO3S/c1-4-5-12(2)11-19(17,18)15(3)14-8-6-13(10-16)7-9-14/h12-14,16H,4-11H2,1-3H3. The second-order valence-electron chi connectivity index (χ2n) is 6.05. The van der Waals surface area contributed by atoms with Gasteiger partial charge in [0.2, 0.25) is 10.0 Å². The summed E-state index contributed by atoms with van der Waals surface area (Å²) >= 11 is 0. The van der Waals surface area contributed by atoms with Crippen LogP contribution >= 0.6 is 0 Å². The van der Waals surface area contributed by atoms with Crippen molar-refractivity contribution in [2.24, 2.45) is 11.8 Å². The summed E-state index contributed by atoms with van der Waals surface area (Å²) in [5.41, 5.74) is 0. The third-order valence-corrected chi connectivity index (χ3v) is 6.47. The van der Waals surface area contributed by atoms with Crippen LogP contribution in [0.15, 0.2) is 0 Å². The molecule has 0 heterocycles. The largest absolute Gasteiger partial charge is 0.396 e. The van der Waals surface area contributed by atoms with Gasteiger partial charge in [0, 0.05) is 19.7 Å². The maximum Gasteiger partial charge on any atom is 0.214 e. The third-order valence-electron chi connectivity index (χ3n) is 4.30. The van der Waals surface area contributed by atoms with E-state index in [1.807, 2.05) is 6.92 Å². The number of sulfonamides is 1. The SMILES string of the molecule is CCCC(C)CS(=O)(=O)N(C)C1CCC(CO)CC1. The van der Waals surface area contributed by atoms with Crippen molar-refractivity contribution in [2.75, 3.05) is 19.4 Å². The van der Waals surface area contributed by atoms with Gasteiger partial charge in [-0.05, 0) is 43.9 Å². The van der Waals surface area contributed by atoms with Crippen molar-refractivity contribution in [3.63, 3.8) is 0 Å². The smallest absolute Gasteiger partial charge is 0.214 e. The molecule has 0 amide bonds. The zero-order valence-corrected chi connectivity index (χ0v) is 13.3. The van der Waals surface area contributed by atoms with Crippen molar-refractivity contribution in [3.05, 3.63) is 0 Å². The van der Waals surface area contributed by atoms with Crippen LogP contribution in [0.1, 0.15) is 52.4 Å². The average molecular weight is 291 g/mol. The monoisotopic (exact) mass is 291 g/mol. The van der Waals surface area contributed by atoms with Gasteiger partial charge < -0.3 is 5.11 Å². The molecular weight excluding hydrogens is 262 g/mol. The van der Waals surface area contributed by atoms with Gasteiger partial charge in [-0.2, -0.15) is 0 Å². The Hall–Kier alpha value is -0.130. The Morgan fingerprint density at radius 2 is 1.84 bits per heavy atom. The summed E-state index contributed by atoms with van der Waals surface area (Å²) in [7, 11) is -1.41. The highest BCUT2D eigenvalue weighted by molar-refractivity contribution is 7.89. The second-order valence-corrected chi connectivity index (χ2v) is 8.12. The Labute approximate surface area is 118 Å². The van der Waals surface area contributed by atoms with Crippen LogP contribution in [0.5, 0.6) is 0 Å². The van der Waals surface area contributed by atoms with E-state index >= 15 is 0 Å². The van der Waals surface area contributed by atoms with Gasteiger partial charge in [0.05, 0.1) is 5.75 Å². The predicted molar refractivity (Wildman–Crippen MR) is 78.5 cm³/mol. The minimum Gasteiger partial charge on any atom is -0.396 e. The van der Waals surface area contributed by atoms with Crippen LogP contribution in [0.25, 0.3) is 0 Å². The fourth-order valence-electron chi connectivity index (χ4n) is 2.97. The molecule has 1 rings (SSSR count). The van der Waals surface area contributed by atoms with E-state index in [4.69, 9.17) is 5.11 Å². The maximum absolute atomic E-state index is 12.3. The van der Waals surface area contributed by atoms with Crippen LogP contribution < -0.4 is 0 Å². The normalized spacial score (nSPS) is 26.6. The average Bonchev–Trinajstić information content (AvgIpc) is 2.37. The number of aliphatic hydroxyl groups excluding tert-OH is 1. The van der Waals surface area contributed by atoms with Gasteiger partial charge >= 0.3 is 0 Å². The number of hydrogen-bond donors (Lipinski definition) is 1. The number of aliphatic hydroxyl groups is 1. The van der Waals surface area contributed by atoms with E-state index in [0.29, 0.717) is 5.92 Å². The number of rotatable bonds is 7. The molecule has 1 aliphatic carbocycles. The first kappa shape index (κ1) is 16.9. The number of nitrogens with zero attached hydrogens (tertiary/aromatic N) is 1. The van der Waals surface area contributed by atoms with Crippen LogP contribution in [0.2, 0.25) is 0 Å². The van der Waals surface area contributed by atoms with E-state index in [2.05, 4.69) is 6.92 Å². The quantitative estimate of drug-likeness (QED) is 0.782. The summed E-state index contributed by atoms with van der Waals surface area (Å²) in [6, 6.07) is 0.127. The zero-order valence-electron chi connectivity index (χ0n) is 12.5. The minimum atomic E-state index is -3.13. The fraction of sp³-hybridized carbons (Fsp3) is 1.00. The number of hydrogen-bond acceptors (Lipinski definition) is 3. The van der Waals surface area contributed by atoms with Gasteiger partial charge in [-0.25, -0.2) is 12.7 Å². The maximum atomic E-state index is 12.3. The fourth-order valence-corrected chi connectivity index (χ4v) is 4.76. The van der Waals surface area contributed by atoms with Crippen molar-refractivity contribution < 1.29 is 13.5 Å². The molecule has 1 unspecified atom stereocenters. The molecule has 0 saturated heterocycles. The molecule has 0 radical (unpaired) electrons. The van der Waals surface area contributed by atoms with Crippen molar-refractivity contribution in [3.8, 4) is 0 Å². The van der Waals surface area contributed by atoms with E-state index in [1.165, 1.54) is 0 Å². The summed E-state index contributed by atoms with van der Waals surface area (Å²) < 4.78 is 26.3. The van der Waals surface area contributed by atoms with E-state index in [-0.39, 0.29) is 24.3 Å². The van der Waals surface area contributed by atoms with Gasteiger partial charge in [0.1, 0.15) is 0 Å². The molecule has 0 aromatic carbocycles. The first-order chi connectivity index (χ1) is 8.90. The lowest BCUT2D eigenvalue weighted by atomic mass is 9.87. The lowest BCUT2D eigenvalue weighted by molar-refractivity contribution is 0.159. The summed E-state index contributed by atoms with van der Waals surface area (Å²) in [4.78, 5) is 0. The summed E-state index contributed by atoms with van der Waals surface area (Å²) in [6.07, 6.45) is 5.62. The van der Waals surface area contributed by atoms with Gasteiger partial charge in [0.25, 0.3) is 0 Å². The molecule has 0 bridgehead atoms. The first-order valence-electron chi connectivity index (χ1n) is 7.47. The van der Waals surface area contributed by atoms with E-state index < -0.39 is 10.0 Å². The lowest BCUT2D eigenvalue weighted by Crippen LogP contribution is -2.41. The van der Waals surface area contributed by atoms with Crippen LogP contribution in [-0.2, 0) is 10.0 Å². The van der Waals surface area contributed by atoms with Gasteiger partial charge in [-0.15, -0.1) is 0 Å². The molecule has 1 saturated carbocycles. The molecule has 5 heteroatoms. The molecule has 114 valence electrons. The minimum absolute atomic E-state index is 0.127. The van der Waals surface area contributed by atoms with E-state index in [9.17, 15) is 8.42 Å². The van der Waals surface area contributed by atoms with Crippen LogP contribution in [0.3, 0.4) is 0 Å². The zero-order chi connectivity index (χ0) is 14.5. The van der Waals surface area contributed by atoms with Crippen LogP contribution in [0.4, 0.5) is 0 Å². The Balaban J connectivity index is 2.54. The Morgan fingerprint density at radius 3 is 2.32 bits per heavy atom. The molecule has 1 N–H and O–H groups in total. The molecule has 1 fully saturated rings. The Morgan fingerprint density at radius 1 is 1.26 bits per heavy atom. The van der Waals surface area contributed by atoms with Crippen molar-refractivity contribution >= 4 is 10.0 Å². The van der Waals surface area contributed by atoms with Crippen molar-refractivity contribution in [1.82, 2.24) is 4.31 Å². The molecule has 0 spiro atoms. The second kappa shape index (κ2) is 7.60. The Kier molecular flexibility index (Phi) is 6.77. The van der Waals surface area contributed by atoms with Crippen molar-refractivity contribution in [1.29, 1.82) is 0 Å². The first-order valence-corrected chi connectivity index (χ1v) is 9.08. The van der Waals surface area contributed by atoms with Gasteiger partial charge in [-0.1, -0.05) is 20.3 Å². The molecule has 0 aromatic heterocycles. The molecule has 0 aromatic rings. The van der Waals surface area contributed by atoms with E-state index in [0.717, 1.165) is 38.5 Å². The van der Waals surface area contributed by atoms with Crippen molar-refractivity contribution in [2.45, 2.75) is 58.4 Å². The molecule has 1 aliphatic rings. The van der Waals surface area contributed by atoms with E-state index in [1.54, 1.807) is 11.4 Å².